The Morgan fingerprint density at radius 2 is 2.00 bits per heavy atom. The van der Waals surface area contributed by atoms with Crippen molar-refractivity contribution in [2.75, 3.05) is 5.73 Å². The van der Waals surface area contributed by atoms with Gasteiger partial charge in [-0.25, -0.2) is 4.98 Å². The van der Waals surface area contributed by atoms with Crippen molar-refractivity contribution in [3.8, 4) is 11.6 Å². The van der Waals surface area contributed by atoms with Crippen LogP contribution in [0.4, 0.5) is 5.95 Å². The number of nitrogens with two attached hydrogens (primary N) is 1. The highest BCUT2D eigenvalue weighted by Gasteiger charge is 2.07. The van der Waals surface area contributed by atoms with Gasteiger partial charge in [-0.05, 0) is 37.6 Å². The summed E-state index contributed by atoms with van der Waals surface area (Å²) < 4.78 is 5.69. The van der Waals surface area contributed by atoms with Gasteiger partial charge < -0.3 is 10.5 Å². The van der Waals surface area contributed by atoms with Gasteiger partial charge in [0.15, 0.2) is 0 Å². The van der Waals surface area contributed by atoms with Gasteiger partial charge in [0.1, 0.15) is 5.75 Å². The molecule has 1 aromatic carbocycles. The molecule has 1 aromatic heterocycles. The smallest absolute Gasteiger partial charge is 0.226 e. The molecule has 2 rings (SSSR count). The Balaban J connectivity index is 2.34. The second-order valence-electron chi connectivity index (χ2n) is 3.73. The Bertz CT molecular complexity index is 557. The lowest BCUT2D eigenvalue weighted by Gasteiger charge is -2.10. The number of hydrogen-bond donors (Lipinski definition) is 1. The highest BCUT2D eigenvalue weighted by molar-refractivity contribution is 6.30. The standard InChI is InChI=1S/C12H12ClN3O/c1-7-5-9(13)3-4-10(7)17-11-8(2)6-15-12(14)16-11/h3-6H,1-2H3,(H2,14,15,16). The van der Waals surface area contributed by atoms with Crippen molar-refractivity contribution >= 4 is 17.5 Å². The van der Waals surface area contributed by atoms with Crippen LogP contribution in [0.25, 0.3) is 0 Å². The molecule has 88 valence electrons. The molecule has 17 heavy (non-hydrogen) atoms. The molecular weight excluding hydrogens is 238 g/mol. The van der Waals surface area contributed by atoms with E-state index in [0.717, 1.165) is 11.1 Å². The summed E-state index contributed by atoms with van der Waals surface area (Å²) in [6, 6.07) is 5.40. The molecule has 0 atom stereocenters. The molecule has 0 saturated carbocycles. The second kappa shape index (κ2) is 4.59. The maximum atomic E-state index is 5.88. The quantitative estimate of drug-likeness (QED) is 0.888. The fraction of sp³-hybridized carbons (Fsp3) is 0.167. The van der Waals surface area contributed by atoms with Crippen LogP contribution in [0, 0.1) is 13.8 Å². The molecule has 0 aliphatic rings. The fourth-order valence-corrected chi connectivity index (χ4v) is 1.60. The summed E-state index contributed by atoms with van der Waals surface area (Å²) >= 11 is 5.88. The van der Waals surface area contributed by atoms with E-state index in [4.69, 9.17) is 22.1 Å². The van der Waals surface area contributed by atoms with E-state index in [-0.39, 0.29) is 5.95 Å². The van der Waals surface area contributed by atoms with Crippen LogP contribution in [0.2, 0.25) is 5.02 Å². The molecule has 0 bridgehead atoms. The molecular formula is C12H12ClN3O. The van der Waals surface area contributed by atoms with E-state index in [1.54, 1.807) is 18.3 Å². The van der Waals surface area contributed by atoms with Crippen LogP contribution in [0.15, 0.2) is 24.4 Å². The highest BCUT2D eigenvalue weighted by atomic mass is 35.5. The topological polar surface area (TPSA) is 61.0 Å². The SMILES string of the molecule is Cc1cc(Cl)ccc1Oc1nc(N)ncc1C. The van der Waals surface area contributed by atoms with Crippen molar-refractivity contribution < 1.29 is 4.74 Å². The minimum Gasteiger partial charge on any atom is -0.438 e. The molecule has 0 amide bonds. The third-order valence-corrected chi connectivity index (χ3v) is 2.52. The van der Waals surface area contributed by atoms with E-state index in [9.17, 15) is 0 Å². The number of anilines is 1. The molecule has 0 saturated heterocycles. The van der Waals surface area contributed by atoms with E-state index >= 15 is 0 Å². The van der Waals surface area contributed by atoms with Gasteiger partial charge in [0.05, 0.1) is 0 Å². The van der Waals surface area contributed by atoms with Crippen molar-refractivity contribution in [1.29, 1.82) is 0 Å². The van der Waals surface area contributed by atoms with Gasteiger partial charge in [-0.15, -0.1) is 0 Å². The number of rotatable bonds is 2. The average Bonchev–Trinajstić information content (AvgIpc) is 2.27. The van der Waals surface area contributed by atoms with E-state index < -0.39 is 0 Å². The molecule has 5 heteroatoms. The molecule has 4 nitrogen and oxygen atoms in total. The molecule has 0 fully saturated rings. The number of hydrogen-bond acceptors (Lipinski definition) is 4. The lowest BCUT2D eigenvalue weighted by atomic mass is 10.2. The number of ether oxygens (including phenoxy) is 1. The number of benzene rings is 1. The molecule has 2 N–H and O–H groups in total. The number of nitrogen functional groups attached to an aromatic ring is 1. The largest absolute Gasteiger partial charge is 0.438 e. The lowest BCUT2D eigenvalue weighted by molar-refractivity contribution is 0.455. The Morgan fingerprint density at radius 1 is 1.24 bits per heavy atom. The first-order valence-electron chi connectivity index (χ1n) is 5.09. The maximum absolute atomic E-state index is 5.88. The average molecular weight is 250 g/mol. The first-order chi connectivity index (χ1) is 8.06. The van der Waals surface area contributed by atoms with Crippen LogP contribution in [-0.4, -0.2) is 9.97 Å². The summed E-state index contributed by atoms with van der Waals surface area (Å²) in [5, 5.41) is 0.675. The van der Waals surface area contributed by atoms with Crippen LogP contribution >= 0.6 is 11.6 Å². The van der Waals surface area contributed by atoms with Crippen molar-refractivity contribution in [2.45, 2.75) is 13.8 Å². The molecule has 0 spiro atoms. The summed E-state index contributed by atoms with van der Waals surface area (Å²) in [4.78, 5) is 7.93. The Morgan fingerprint density at radius 3 is 2.71 bits per heavy atom. The lowest BCUT2D eigenvalue weighted by Crippen LogP contribution is -1.99. The summed E-state index contributed by atoms with van der Waals surface area (Å²) in [6.07, 6.45) is 1.63. The van der Waals surface area contributed by atoms with Crippen molar-refractivity contribution in [2.24, 2.45) is 0 Å². The van der Waals surface area contributed by atoms with Crippen molar-refractivity contribution in [3.05, 3.63) is 40.5 Å². The van der Waals surface area contributed by atoms with Gasteiger partial charge in [0, 0.05) is 16.8 Å². The van der Waals surface area contributed by atoms with E-state index in [0.29, 0.717) is 16.7 Å². The van der Waals surface area contributed by atoms with Gasteiger partial charge in [0.2, 0.25) is 11.8 Å². The van der Waals surface area contributed by atoms with Gasteiger partial charge >= 0.3 is 0 Å². The molecule has 1 heterocycles. The van der Waals surface area contributed by atoms with Gasteiger partial charge in [0.25, 0.3) is 0 Å². The van der Waals surface area contributed by atoms with Crippen LogP contribution in [0.3, 0.4) is 0 Å². The van der Waals surface area contributed by atoms with Crippen LogP contribution in [0.5, 0.6) is 11.6 Å². The van der Waals surface area contributed by atoms with E-state index in [1.165, 1.54) is 0 Å². The van der Waals surface area contributed by atoms with Crippen LogP contribution in [-0.2, 0) is 0 Å². The van der Waals surface area contributed by atoms with E-state index in [2.05, 4.69) is 9.97 Å². The minimum absolute atomic E-state index is 0.192. The zero-order chi connectivity index (χ0) is 12.4. The number of aryl methyl sites for hydroxylation is 2. The molecule has 0 unspecified atom stereocenters. The first kappa shape index (κ1) is 11.7. The number of aromatic nitrogens is 2. The zero-order valence-corrected chi connectivity index (χ0v) is 10.3. The third kappa shape index (κ3) is 2.65. The first-order valence-corrected chi connectivity index (χ1v) is 5.47. The summed E-state index contributed by atoms with van der Waals surface area (Å²) in [5.74, 6) is 1.36. The fourth-order valence-electron chi connectivity index (χ4n) is 1.37. The monoisotopic (exact) mass is 249 g/mol. The van der Waals surface area contributed by atoms with Crippen molar-refractivity contribution in [3.63, 3.8) is 0 Å². The van der Waals surface area contributed by atoms with Crippen LogP contribution in [0.1, 0.15) is 11.1 Å². The van der Waals surface area contributed by atoms with Gasteiger partial charge in [-0.3, -0.25) is 0 Å². The van der Waals surface area contributed by atoms with Gasteiger partial charge in [-0.2, -0.15) is 4.98 Å². The molecule has 0 radical (unpaired) electrons. The number of nitrogens with zero attached hydrogens (tertiary/aromatic N) is 2. The predicted octanol–water partition coefficient (Wildman–Crippen LogP) is 3.12. The third-order valence-electron chi connectivity index (χ3n) is 2.29. The number of halogens is 1. The predicted molar refractivity (Wildman–Crippen MR) is 67.4 cm³/mol. The second-order valence-corrected chi connectivity index (χ2v) is 4.16. The zero-order valence-electron chi connectivity index (χ0n) is 9.57. The Hall–Kier alpha value is -1.81. The summed E-state index contributed by atoms with van der Waals surface area (Å²) in [5.41, 5.74) is 7.29. The van der Waals surface area contributed by atoms with Crippen LogP contribution < -0.4 is 10.5 Å². The Labute approximate surface area is 104 Å². The maximum Gasteiger partial charge on any atom is 0.226 e. The van der Waals surface area contributed by atoms with E-state index in [1.807, 2.05) is 19.9 Å². The van der Waals surface area contributed by atoms with Crippen molar-refractivity contribution in [1.82, 2.24) is 9.97 Å². The normalized spacial score (nSPS) is 10.3. The van der Waals surface area contributed by atoms with Gasteiger partial charge in [-0.1, -0.05) is 11.6 Å². The highest BCUT2D eigenvalue weighted by Crippen LogP contribution is 2.27. The minimum atomic E-state index is 0.192. The molecule has 0 aliphatic carbocycles. The molecule has 0 aliphatic heterocycles. The summed E-state index contributed by atoms with van der Waals surface area (Å²) in [6.45, 7) is 3.78. The molecule has 2 aromatic rings. The summed E-state index contributed by atoms with van der Waals surface area (Å²) in [7, 11) is 0. The Kier molecular flexibility index (Phi) is 3.15.